The maximum atomic E-state index is 13.2. The van der Waals surface area contributed by atoms with Crippen LogP contribution in [0.5, 0.6) is 0 Å². The van der Waals surface area contributed by atoms with Crippen molar-refractivity contribution < 1.29 is 19.1 Å². The molecule has 1 aliphatic rings. The summed E-state index contributed by atoms with van der Waals surface area (Å²) in [6, 6.07) is 7.37. The molecule has 1 aliphatic heterocycles. The van der Waals surface area contributed by atoms with Crippen LogP contribution < -0.4 is 5.32 Å². The molecule has 1 N–H and O–H groups in total. The zero-order valence-corrected chi connectivity index (χ0v) is 19.1. The van der Waals surface area contributed by atoms with Crippen molar-refractivity contribution in [1.82, 2.24) is 15.1 Å². The Kier molecular flexibility index (Phi) is 8.65. The molecule has 0 aromatic heterocycles. The van der Waals surface area contributed by atoms with Gasteiger partial charge in [0, 0.05) is 37.8 Å². The van der Waals surface area contributed by atoms with Gasteiger partial charge in [-0.25, -0.2) is 4.79 Å². The quantitative estimate of drug-likeness (QED) is 0.699. The van der Waals surface area contributed by atoms with Crippen LogP contribution in [-0.4, -0.2) is 59.0 Å². The molecule has 1 heterocycles. The predicted octanol–water partition coefficient (Wildman–Crippen LogP) is 3.74. The summed E-state index contributed by atoms with van der Waals surface area (Å²) in [4.78, 5) is 40.5. The van der Waals surface area contributed by atoms with Crippen LogP contribution in [0, 0.1) is 0 Å². The maximum absolute atomic E-state index is 13.2. The van der Waals surface area contributed by atoms with Crippen LogP contribution in [0.2, 0.25) is 0 Å². The van der Waals surface area contributed by atoms with Gasteiger partial charge in [0.1, 0.15) is 5.60 Å². The molecule has 7 nitrogen and oxygen atoms in total. The SMILES string of the molecule is C=CC(=O)NCc1ccc(C(=O)N(CC)C2CCCN(C(=O)OC(C)(C)C)CC2)cc1. The first kappa shape index (κ1) is 24.4. The zero-order valence-electron chi connectivity index (χ0n) is 19.1. The third-order valence-electron chi connectivity index (χ3n) is 5.24. The van der Waals surface area contributed by atoms with Crippen molar-refractivity contribution in [1.29, 1.82) is 0 Å². The lowest BCUT2D eigenvalue weighted by atomic mass is 10.0. The average Bonchev–Trinajstić information content (AvgIpc) is 2.98. The van der Waals surface area contributed by atoms with Gasteiger partial charge in [-0.1, -0.05) is 18.7 Å². The zero-order chi connectivity index (χ0) is 23.0. The average molecular weight is 430 g/mol. The summed E-state index contributed by atoms with van der Waals surface area (Å²) < 4.78 is 5.50. The first-order valence-corrected chi connectivity index (χ1v) is 10.9. The van der Waals surface area contributed by atoms with E-state index >= 15 is 0 Å². The van der Waals surface area contributed by atoms with E-state index in [2.05, 4.69) is 11.9 Å². The fourth-order valence-electron chi connectivity index (χ4n) is 3.66. The fourth-order valence-corrected chi connectivity index (χ4v) is 3.66. The number of benzene rings is 1. The first-order chi connectivity index (χ1) is 14.6. The molecular weight excluding hydrogens is 394 g/mol. The number of nitrogens with zero attached hydrogens (tertiary/aromatic N) is 2. The summed E-state index contributed by atoms with van der Waals surface area (Å²) in [5.74, 6) is -0.244. The van der Waals surface area contributed by atoms with Crippen molar-refractivity contribution in [3.8, 4) is 0 Å². The Morgan fingerprint density at radius 1 is 1.19 bits per heavy atom. The molecule has 1 aromatic rings. The summed E-state index contributed by atoms with van der Waals surface area (Å²) in [6.45, 7) is 13.2. The predicted molar refractivity (Wildman–Crippen MR) is 121 cm³/mol. The van der Waals surface area contributed by atoms with Crippen molar-refractivity contribution in [2.45, 2.75) is 65.1 Å². The number of hydrogen-bond donors (Lipinski definition) is 1. The number of carbonyl (C=O) groups excluding carboxylic acids is 3. The van der Waals surface area contributed by atoms with E-state index in [1.807, 2.05) is 44.7 Å². The summed E-state index contributed by atoms with van der Waals surface area (Å²) in [5.41, 5.74) is 1.01. The van der Waals surface area contributed by atoms with Crippen LogP contribution in [0.1, 0.15) is 62.9 Å². The van der Waals surface area contributed by atoms with Crippen LogP contribution in [-0.2, 0) is 16.1 Å². The second-order valence-electron chi connectivity index (χ2n) is 8.76. The first-order valence-electron chi connectivity index (χ1n) is 10.9. The van der Waals surface area contributed by atoms with E-state index in [9.17, 15) is 14.4 Å². The van der Waals surface area contributed by atoms with E-state index in [-0.39, 0.29) is 23.9 Å². The van der Waals surface area contributed by atoms with Crippen LogP contribution >= 0.6 is 0 Å². The van der Waals surface area contributed by atoms with Gasteiger partial charge in [0.2, 0.25) is 5.91 Å². The maximum Gasteiger partial charge on any atom is 0.410 e. The molecule has 0 saturated carbocycles. The number of likely N-dealkylation sites (tertiary alicyclic amines) is 1. The highest BCUT2D eigenvalue weighted by Crippen LogP contribution is 2.21. The molecule has 1 unspecified atom stereocenters. The number of ether oxygens (including phenoxy) is 1. The van der Waals surface area contributed by atoms with Crippen molar-refractivity contribution in [3.05, 3.63) is 48.0 Å². The number of rotatable bonds is 6. The smallest absolute Gasteiger partial charge is 0.410 e. The Morgan fingerprint density at radius 3 is 2.45 bits per heavy atom. The minimum Gasteiger partial charge on any atom is -0.444 e. The van der Waals surface area contributed by atoms with Crippen molar-refractivity contribution >= 4 is 17.9 Å². The van der Waals surface area contributed by atoms with Crippen molar-refractivity contribution in [3.63, 3.8) is 0 Å². The summed E-state index contributed by atoms with van der Waals surface area (Å²) >= 11 is 0. The molecule has 0 spiro atoms. The summed E-state index contributed by atoms with van der Waals surface area (Å²) in [6.07, 6.45) is 3.35. The van der Waals surface area contributed by atoms with Gasteiger partial charge >= 0.3 is 6.09 Å². The lowest BCUT2D eigenvalue weighted by Crippen LogP contribution is -2.41. The van der Waals surface area contributed by atoms with Crippen LogP contribution in [0.3, 0.4) is 0 Å². The monoisotopic (exact) mass is 429 g/mol. The third kappa shape index (κ3) is 7.42. The van der Waals surface area contributed by atoms with E-state index in [4.69, 9.17) is 4.74 Å². The fraction of sp³-hybridized carbons (Fsp3) is 0.542. The van der Waals surface area contributed by atoms with Crippen LogP contribution in [0.25, 0.3) is 0 Å². The molecule has 2 rings (SSSR count). The van der Waals surface area contributed by atoms with Gasteiger partial charge < -0.3 is 19.9 Å². The van der Waals surface area contributed by atoms with Gasteiger partial charge in [0.05, 0.1) is 0 Å². The van der Waals surface area contributed by atoms with Gasteiger partial charge in [-0.3, -0.25) is 9.59 Å². The number of nitrogens with one attached hydrogen (secondary N) is 1. The largest absolute Gasteiger partial charge is 0.444 e. The number of amides is 3. The molecule has 0 radical (unpaired) electrons. The Morgan fingerprint density at radius 2 is 1.87 bits per heavy atom. The Bertz CT molecular complexity index is 783. The molecule has 170 valence electrons. The Hall–Kier alpha value is -2.83. The van der Waals surface area contributed by atoms with Gasteiger partial charge in [-0.05, 0) is 70.7 Å². The molecule has 7 heteroatoms. The second kappa shape index (κ2) is 11.0. The normalized spacial score (nSPS) is 16.8. The lowest BCUT2D eigenvalue weighted by molar-refractivity contribution is -0.116. The van der Waals surface area contributed by atoms with Crippen molar-refractivity contribution in [2.75, 3.05) is 19.6 Å². The van der Waals surface area contributed by atoms with Gasteiger partial charge in [0.15, 0.2) is 0 Å². The summed E-state index contributed by atoms with van der Waals surface area (Å²) in [5, 5.41) is 2.72. The molecule has 1 atom stereocenters. The lowest BCUT2D eigenvalue weighted by Gasteiger charge is -2.30. The Labute approximate surface area is 185 Å². The van der Waals surface area contributed by atoms with E-state index < -0.39 is 5.60 Å². The van der Waals surface area contributed by atoms with Crippen LogP contribution in [0.4, 0.5) is 4.79 Å². The highest BCUT2D eigenvalue weighted by molar-refractivity contribution is 5.94. The molecular formula is C24H35N3O4. The number of hydrogen-bond acceptors (Lipinski definition) is 4. The van der Waals surface area contributed by atoms with E-state index in [0.717, 1.165) is 24.8 Å². The van der Waals surface area contributed by atoms with E-state index in [1.54, 1.807) is 17.0 Å². The molecule has 1 fully saturated rings. The topological polar surface area (TPSA) is 79.0 Å². The number of carbonyl (C=O) groups is 3. The van der Waals surface area contributed by atoms with E-state index in [1.165, 1.54) is 6.08 Å². The van der Waals surface area contributed by atoms with Gasteiger partial charge in [-0.15, -0.1) is 0 Å². The second-order valence-corrected chi connectivity index (χ2v) is 8.76. The Balaban J connectivity index is 1.99. The molecule has 1 saturated heterocycles. The van der Waals surface area contributed by atoms with Gasteiger partial charge in [0.25, 0.3) is 5.91 Å². The molecule has 3 amide bonds. The van der Waals surface area contributed by atoms with Gasteiger partial charge in [-0.2, -0.15) is 0 Å². The molecule has 1 aromatic carbocycles. The minimum atomic E-state index is -0.519. The van der Waals surface area contributed by atoms with Crippen molar-refractivity contribution in [2.24, 2.45) is 0 Å². The van der Waals surface area contributed by atoms with Crippen LogP contribution in [0.15, 0.2) is 36.9 Å². The standard InChI is InChI=1S/C24H35N3O4/c1-6-21(28)25-17-18-10-12-19(13-11-18)22(29)27(7-2)20-9-8-15-26(16-14-20)23(30)31-24(3,4)5/h6,10-13,20H,1,7-9,14-17H2,2-5H3,(H,25,28). The highest BCUT2D eigenvalue weighted by atomic mass is 16.6. The minimum absolute atomic E-state index is 0.0140. The molecule has 31 heavy (non-hydrogen) atoms. The highest BCUT2D eigenvalue weighted by Gasteiger charge is 2.29. The summed E-state index contributed by atoms with van der Waals surface area (Å²) in [7, 11) is 0. The molecule has 0 aliphatic carbocycles. The van der Waals surface area contributed by atoms with E-state index in [0.29, 0.717) is 31.7 Å². The molecule has 0 bridgehead atoms. The third-order valence-corrected chi connectivity index (χ3v) is 5.24.